The number of nitrogens with zero attached hydrogens (tertiary/aromatic N) is 4. The summed E-state index contributed by atoms with van der Waals surface area (Å²) >= 11 is 0. The number of aryl methyl sites for hydroxylation is 1. The maximum atomic E-state index is 9.60. The van der Waals surface area contributed by atoms with Gasteiger partial charge in [-0.15, -0.1) is 0 Å². The van der Waals surface area contributed by atoms with E-state index in [1.807, 2.05) is 41.2 Å². The lowest BCUT2D eigenvalue weighted by molar-refractivity contribution is 0.0302. The molecule has 4 aromatic rings. The second-order valence-electron chi connectivity index (χ2n) is 8.43. The molecule has 3 aromatic heterocycles. The summed E-state index contributed by atoms with van der Waals surface area (Å²) < 4.78 is 1.89. The van der Waals surface area contributed by atoms with Crippen LogP contribution < -0.4 is 5.73 Å². The molecule has 6 heteroatoms. The highest BCUT2D eigenvalue weighted by molar-refractivity contribution is 5.84. The zero-order valence-corrected chi connectivity index (χ0v) is 17.6. The SMILES string of the molecule is CCCc1cccc(-n2ncc3ccc(-c4cccc([C@@H](N)C5CC(O)C5)n4)cc32)n1. The lowest BCUT2D eigenvalue weighted by Gasteiger charge is -2.35. The number of aliphatic hydroxyl groups excluding tert-OH is 1. The molecule has 1 fully saturated rings. The molecule has 0 unspecified atom stereocenters. The minimum Gasteiger partial charge on any atom is -0.393 e. The van der Waals surface area contributed by atoms with Gasteiger partial charge in [0.25, 0.3) is 0 Å². The Balaban J connectivity index is 1.50. The van der Waals surface area contributed by atoms with Gasteiger partial charge in [-0.3, -0.25) is 4.98 Å². The quantitative estimate of drug-likeness (QED) is 0.494. The molecule has 1 aromatic carbocycles. The summed E-state index contributed by atoms with van der Waals surface area (Å²) in [5.74, 6) is 1.12. The third kappa shape index (κ3) is 3.84. The Morgan fingerprint density at radius 2 is 1.94 bits per heavy atom. The van der Waals surface area contributed by atoms with E-state index in [4.69, 9.17) is 15.7 Å². The van der Waals surface area contributed by atoms with Gasteiger partial charge in [0, 0.05) is 16.6 Å². The molecule has 158 valence electrons. The van der Waals surface area contributed by atoms with E-state index in [-0.39, 0.29) is 12.1 Å². The second kappa shape index (κ2) is 8.21. The first kappa shape index (κ1) is 19.8. The smallest absolute Gasteiger partial charge is 0.154 e. The number of aromatic nitrogens is 4. The topological polar surface area (TPSA) is 89.9 Å². The highest BCUT2D eigenvalue weighted by Crippen LogP contribution is 2.36. The molecule has 1 aliphatic rings. The summed E-state index contributed by atoms with van der Waals surface area (Å²) in [6.07, 6.45) is 5.17. The third-order valence-corrected chi connectivity index (χ3v) is 6.15. The van der Waals surface area contributed by atoms with Gasteiger partial charge in [0.15, 0.2) is 5.82 Å². The Labute approximate surface area is 181 Å². The van der Waals surface area contributed by atoms with Gasteiger partial charge in [0.05, 0.1) is 35.2 Å². The Morgan fingerprint density at radius 3 is 2.74 bits per heavy atom. The highest BCUT2D eigenvalue weighted by Gasteiger charge is 2.33. The van der Waals surface area contributed by atoms with Gasteiger partial charge >= 0.3 is 0 Å². The van der Waals surface area contributed by atoms with Crippen LogP contribution in [0.1, 0.15) is 43.6 Å². The molecular formula is C25H27N5O. The first-order valence-corrected chi connectivity index (χ1v) is 11.0. The van der Waals surface area contributed by atoms with E-state index < -0.39 is 0 Å². The summed E-state index contributed by atoms with van der Waals surface area (Å²) in [6, 6.07) is 18.2. The largest absolute Gasteiger partial charge is 0.393 e. The lowest BCUT2D eigenvalue weighted by Crippen LogP contribution is -2.36. The van der Waals surface area contributed by atoms with E-state index in [9.17, 15) is 5.11 Å². The molecular weight excluding hydrogens is 386 g/mol. The van der Waals surface area contributed by atoms with E-state index in [2.05, 4.69) is 36.3 Å². The molecule has 1 atom stereocenters. The van der Waals surface area contributed by atoms with Crippen LogP contribution in [0, 0.1) is 5.92 Å². The summed E-state index contributed by atoms with van der Waals surface area (Å²) in [5.41, 5.74) is 11.3. The number of hydrogen-bond donors (Lipinski definition) is 2. The second-order valence-corrected chi connectivity index (χ2v) is 8.43. The zero-order valence-electron chi connectivity index (χ0n) is 17.6. The van der Waals surface area contributed by atoms with E-state index >= 15 is 0 Å². The minimum absolute atomic E-state index is 0.150. The van der Waals surface area contributed by atoms with Crippen LogP contribution in [0.3, 0.4) is 0 Å². The molecule has 3 heterocycles. The normalized spacial score (nSPS) is 19.3. The average molecular weight is 414 g/mol. The van der Waals surface area contributed by atoms with Crippen molar-refractivity contribution < 1.29 is 5.11 Å². The van der Waals surface area contributed by atoms with Gasteiger partial charge in [-0.1, -0.05) is 37.6 Å². The van der Waals surface area contributed by atoms with Gasteiger partial charge in [0.1, 0.15) is 0 Å². The summed E-state index contributed by atoms with van der Waals surface area (Å²) in [6.45, 7) is 2.16. The van der Waals surface area contributed by atoms with Crippen LogP contribution in [0.4, 0.5) is 0 Å². The molecule has 31 heavy (non-hydrogen) atoms. The van der Waals surface area contributed by atoms with Crippen molar-refractivity contribution in [2.45, 2.75) is 44.8 Å². The fourth-order valence-electron chi connectivity index (χ4n) is 4.30. The Morgan fingerprint density at radius 1 is 1.10 bits per heavy atom. The molecule has 0 amide bonds. The average Bonchev–Trinajstić information content (AvgIpc) is 3.20. The van der Waals surface area contributed by atoms with Crippen LogP contribution in [-0.2, 0) is 6.42 Å². The maximum Gasteiger partial charge on any atom is 0.154 e. The number of pyridine rings is 2. The predicted octanol–water partition coefficient (Wildman–Crippen LogP) is 4.21. The number of rotatable bonds is 6. The monoisotopic (exact) mass is 413 g/mol. The lowest BCUT2D eigenvalue weighted by atomic mass is 9.76. The maximum absolute atomic E-state index is 9.60. The van der Waals surface area contributed by atoms with Crippen molar-refractivity contribution in [3.05, 3.63) is 72.2 Å². The molecule has 5 rings (SSSR count). The van der Waals surface area contributed by atoms with Crippen molar-refractivity contribution in [2.24, 2.45) is 11.7 Å². The van der Waals surface area contributed by atoms with Crippen molar-refractivity contribution >= 4 is 10.9 Å². The molecule has 6 nitrogen and oxygen atoms in total. The molecule has 0 spiro atoms. The van der Waals surface area contributed by atoms with Gasteiger partial charge in [-0.2, -0.15) is 5.10 Å². The molecule has 1 aliphatic carbocycles. The van der Waals surface area contributed by atoms with Crippen LogP contribution in [0.15, 0.2) is 60.8 Å². The van der Waals surface area contributed by atoms with Crippen molar-refractivity contribution in [1.29, 1.82) is 0 Å². The molecule has 1 saturated carbocycles. The van der Waals surface area contributed by atoms with Crippen molar-refractivity contribution in [3.8, 4) is 17.1 Å². The first-order valence-electron chi connectivity index (χ1n) is 11.0. The molecule has 0 aliphatic heterocycles. The van der Waals surface area contributed by atoms with E-state index in [1.54, 1.807) is 0 Å². The highest BCUT2D eigenvalue weighted by atomic mass is 16.3. The summed E-state index contributed by atoms with van der Waals surface area (Å²) in [5, 5.41) is 15.2. The molecule has 0 saturated heterocycles. The van der Waals surface area contributed by atoms with Crippen LogP contribution in [0.25, 0.3) is 28.0 Å². The van der Waals surface area contributed by atoms with E-state index in [1.165, 1.54) is 0 Å². The van der Waals surface area contributed by atoms with Crippen LogP contribution >= 0.6 is 0 Å². The number of benzene rings is 1. The van der Waals surface area contributed by atoms with Crippen LogP contribution in [0.5, 0.6) is 0 Å². The summed E-state index contributed by atoms with van der Waals surface area (Å²) in [4.78, 5) is 9.64. The predicted molar refractivity (Wildman–Crippen MR) is 122 cm³/mol. The number of hydrogen-bond acceptors (Lipinski definition) is 5. The van der Waals surface area contributed by atoms with Gasteiger partial charge < -0.3 is 10.8 Å². The first-order chi connectivity index (χ1) is 15.1. The fraction of sp³-hybridized carbons (Fsp3) is 0.320. The zero-order chi connectivity index (χ0) is 21.4. The number of aliphatic hydroxyl groups is 1. The van der Waals surface area contributed by atoms with Crippen molar-refractivity contribution in [2.75, 3.05) is 0 Å². The fourth-order valence-corrected chi connectivity index (χ4v) is 4.30. The minimum atomic E-state index is -0.216. The van der Waals surface area contributed by atoms with Crippen LogP contribution in [0.2, 0.25) is 0 Å². The van der Waals surface area contributed by atoms with E-state index in [0.29, 0.717) is 5.92 Å². The number of fused-ring (bicyclic) bond motifs is 1. The van der Waals surface area contributed by atoms with Crippen molar-refractivity contribution in [1.82, 2.24) is 19.7 Å². The summed E-state index contributed by atoms with van der Waals surface area (Å²) in [7, 11) is 0. The van der Waals surface area contributed by atoms with Gasteiger partial charge in [0.2, 0.25) is 0 Å². The van der Waals surface area contributed by atoms with Crippen molar-refractivity contribution in [3.63, 3.8) is 0 Å². The molecule has 0 radical (unpaired) electrons. The van der Waals surface area contributed by atoms with Gasteiger partial charge in [-0.25, -0.2) is 9.67 Å². The standard InChI is InChI=1S/C25H27N5O/c1-2-5-19-6-3-9-24(28-19)30-23-14-16(10-11-17(23)15-27-30)21-7-4-8-22(29-21)25(26)18-12-20(31)13-18/h3-4,6-11,14-15,18,20,25,31H,2,5,12-13,26H2,1H3/t18?,20?,25-/m0/s1. The Kier molecular flexibility index (Phi) is 5.26. The number of nitrogens with two attached hydrogens (primary N) is 1. The van der Waals surface area contributed by atoms with Crippen LogP contribution in [-0.4, -0.2) is 31.0 Å². The molecule has 0 bridgehead atoms. The molecule has 3 N–H and O–H groups in total. The Hall–Kier alpha value is -3.09. The van der Waals surface area contributed by atoms with E-state index in [0.717, 1.165) is 65.0 Å². The van der Waals surface area contributed by atoms with Gasteiger partial charge in [-0.05, 0) is 55.5 Å². The Bertz CT molecular complexity index is 1210. The third-order valence-electron chi connectivity index (χ3n) is 6.15.